The number of likely N-dealkylation sites (tertiary alicyclic amines) is 1. The average Bonchev–Trinajstić information content (AvgIpc) is 2.48. The molecule has 1 spiro atoms. The van der Waals surface area contributed by atoms with E-state index in [2.05, 4.69) is 30.5 Å². The second-order valence-corrected chi connectivity index (χ2v) is 8.79. The van der Waals surface area contributed by atoms with Gasteiger partial charge in [-0.15, -0.1) is 0 Å². The van der Waals surface area contributed by atoms with Gasteiger partial charge in [0.1, 0.15) is 0 Å². The average molecular weight is 314 g/mol. The van der Waals surface area contributed by atoms with Crippen molar-refractivity contribution in [1.82, 2.24) is 4.90 Å². The minimum absolute atomic E-state index is 0.0963. The molecule has 0 radical (unpaired) electrons. The first-order valence-electron chi connectivity index (χ1n) is 8.71. The number of rotatable bonds is 2. The van der Waals surface area contributed by atoms with Gasteiger partial charge >= 0.3 is 0 Å². The fraction of sp³-hybridized carbons (Fsp3) is 1.00. The third-order valence-electron chi connectivity index (χ3n) is 6.05. The zero-order chi connectivity index (χ0) is 14.9. The summed E-state index contributed by atoms with van der Waals surface area (Å²) in [4.78, 5) is 2.50. The Morgan fingerprint density at radius 1 is 1.14 bits per heavy atom. The number of hydrogen-bond acceptors (Lipinski definition) is 4. The second kappa shape index (κ2) is 6.38. The molecule has 0 bridgehead atoms. The van der Waals surface area contributed by atoms with E-state index in [-0.39, 0.29) is 5.60 Å². The Morgan fingerprint density at radius 3 is 2.43 bits per heavy atom. The van der Waals surface area contributed by atoms with E-state index in [1.54, 1.807) is 0 Å². The van der Waals surface area contributed by atoms with Crippen molar-refractivity contribution < 1.29 is 9.84 Å². The molecule has 3 fully saturated rings. The van der Waals surface area contributed by atoms with Crippen LogP contribution in [0.2, 0.25) is 0 Å². The highest BCUT2D eigenvalue weighted by atomic mass is 32.2. The zero-order valence-corrected chi connectivity index (χ0v) is 14.5. The van der Waals surface area contributed by atoms with Gasteiger partial charge in [-0.3, -0.25) is 0 Å². The van der Waals surface area contributed by atoms with Gasteiger partial charge in [0.05, 0.1) is 11.2 Å². The highest BCUT2D eigenvalue weighted by Crippen LogP contribution is 2.45. The third-order valence-corrected chi connectivity index (χ3v) is 7.04. The van der Waals surface area contributed by atoms with Crippen LogP contribution in [0, 0.1) is 5.92 Å². The summed E-state index contributed by atoms with van der Waals surface area (Å²) in [6.45, 7) is 7.47. The number of hydrogen-bond donors (Lipinski definition) is 1. The first kappa shape index (κ1) is 16.1. The van der Waals surface area contributed by atoms with Crippen LogP contribution >= 0.6 is 11.8 Å². The molecule has 1 unspecified atom stereocenters. The number of piperidine rings is 1. The Bertz CT molecular complexity index is 341. The molecule has 3 nitrogen and oxygen atoms in total. The minimum Gasteiger partial charge on any atom is -0.389 e. The first-order chi connectivity index (χ1) is 10.0. The Labute approximate surface area is 133 Å². The summed E-state index contributed by atoms with van der Waals surface area (Å²) in [5.41, 5.74) is -0.341. The Hall–Kier alpha value is 0.230. The van der Waals surface area contributed by atoms with Crippen molar-refractivity contribution in [3.05, 3.63) is 0 Å². The van der Waals surface area contributed by atoms with Crippen LogP contribution in [-0.4, -0.2) is 58.5 Å². The molecule has 0 amide bonds. The lowest BCUT2D eigenvalue weighted by Gasteiger charge is -2.50. The summed E-state index contributed by atoms with van der Waals surface area (Å²) in [7, 11) is 0. The Morgan fingerprint density at radius 2 is 1.81 bits per heavy atom. The molecule has 3 heterocycles. The second-order valence-electron chi connectivity index (χ2n) is 7.57. The molecule has 1 N–H and O–H groups in total. The zero-order valence-electron chi connectivity index (χ0n) is 13.6. The van der Waals surface area contributed by atoms with E-state index in [0.29, 0.717) is 12.0 Å². The van der Waals surface area contributed by atoms with Gasteiger partial charge in [-0.1, -0.05) is 0 Å². The van der Waals surface area contributed by atoms with E-state index in [0.717, 1.165) is 45.4 Å². The predicted molar refractivity (Wildman–Crippen MR) is 88.9 cm³/mol. The van der Waals surface area contributed by atoms with Gasteiger partial charge in [-0.25, -0.2) is 0 Å². The van der Waals surface area contributed by atoms with E-state index >= 15 is 0 Å². The first-order valence-corrected chi connectivity index (χ1v) is 9.87. The molecule has 0 aromatic rings. The molecule has 3 saturated heterocycles. The van der Waals surface area contributed by atoms with Gasteiger partial charge in [0.2, 0.25) is 0 Å². The van der Waals surface area contributed by atoms with Gasteiger partial charge in [0.15, 0.2) is 0 Å². The van der Waals surface area contributed by atoms with Crippen molar-refractivity contribution in [3.63, 3.8) is 0 Å². The van der Waals surface area contributed by atoms with Crippen LogP contribution in [0.15, 0.2) is 0 Å². The standard InChI is InChI=1S/C17H31NO2S/c1-14(2)18-8-4-17(19,5-9-18)15-3-10-20-16(13-15)6-11-21-12-7-16/h14-15,19H,3-13H2,1-2H3. The van der Waals surface area contributed by atoms with Gasteiger partial charge in [-0.2, -0.15) is 11.8 Å². The summed E-state index contributed by atoms with van der Waals surface area (Å²) < 4.78 is 6.20. The molecule has 21 heavy (non-hydrogen) atoms. The SMILES string of the molecule is CC(C)N1CCC(O)(C2CCOC3(CCSCC3)C2)CC1. The van der Waals surface area contributed by atoms with Crippen molar-refractivity contribution in [2.75, 3.05) is 31.2 Å². The van der Waals surface area contributed by atoms with Crippen molar-refractivity contribution in [1.29, 1.82) is 0 Å². The van der Waals surface area contributed by atoms with Crippen LogP contribution in [0.4, 0.5) is 0 Å². The van der Waals surface area contributed by atoms with E-state index < -0.39 is 5.60 Å². The third kappa shape index (κ3) is 3.44. The quantitative estimate of drug-likeness (QED) is 0.850. The van der Waals surface area contributed by atoms with Gasteiger partial charge < -0.3 is 14.7 Å². The molecule has 3 aliphatic rings. The molecule has 3 rings (SSSR count). The Kier molecular flexibility index (Phi) is 4.90. The van der Waals surface area contributed by atoms with Crippen LogP contribution in [0.5, 0.6) is 0 Å². The lowest BCUT2D eigenvalue weighted by Crippen LogP contribution is -2.55. The minimum atomic E-state index is -0.438. The largest absolute Gasteiger partial charge is 0.389 e. The van der Waals surface area contributed by atoms with Crippen LogP contribution in [0.3, 0.4) is 0 Å². The molecule has 0 aromatic carbocycles. The van der Waals surface area contributed by atoms with Crippen molar-refractivity contribution in [2.45, 2.75) is 69.6 Å². The maximum atomic E-state index is 11.2. The topological polar surface area (TPSA) is 32.7 Å². The smallest absolute Gasteiger partial charge is 0.0702 e. The molecule has 0 saturated carbocycles. The number of thioether (sulfide) groups is 1. The van der Waals surface area contributed by atoms with E-state index in [1.165, 1.54) is 24.3 Å². The molecule has 3 aliphatic heterocycles. The van der Waals surface area contributed by atoms with Crippen LogP contribution < -0.4 is 0 Å². The summed E-state index contributed by atoms with van der Waals surface area (Å²) in [5.74, 6) is 2.90. The number of ether oxygens (including phenoxy) is 1. The maximum absolute atomic E-state index is 11.2. The summed E-state index contributed by atoms with van der Waals surface area (Å²) in [6.07, 6.45) is 6.39. The van der Waals surface area contributed by atoms with Gasteiger partial charge in [-0.05, 0) is 69.8 Å². The van der Waals surface area contributed by atoms with E-state index in [1.807, 2.05) is 0 Å². The molecular weight excluding hydrogens is 282 g/mol. The molecule has 122 valence electrons. The number of aliphatic hydroxyl groups is 1. The lowest BCUT2D eigenvalue weighted by atomic mass is 9.70. The monoisotopic (exact) mass is 313 g/mol. The van der Waals surface area contributed by atoms with E-state index in [9.17, 15) is 5.11 Å². The lowest BCUT2D eigenvalue weighted by molar-refractivity contribution is -0.159. The van der Waals surface area contributed by atoms with Gasteiger partial charge in [0.25, 0.3) is 0 Å². The maximum Gasteiger partial charge on any atom is 0.0702 e. The van der Waals surface area contributed by atoms with Crippen molar-refractivity contribution in [3.8, 4) is 0 Å². The van der Waals surface area contributed by atoms with Crippen LogP contribution in [0.25, 0.3) is 0 Å². The summed E-state index contributed by atoms with van der Waals surface area (Å²) in [6, 6.07) is 0.603. The Balaban J connectivity index is 1.63. The highest BCUT2D eigenvalue weighted by Gasteiger charge is 2.47. The molecule has 1 atom stereocenters. The summed E-state index contributed by atoms with van der Waals surface area (Å²) >= 11 is 2.05. The predicted octanol–water partition coefficient (Wildman–Crippen LogP) is 2.91. The molecule has 4 heteroatoms. The van der Waals surface area contributed by atoms with Crippen LogP contribution in [-0.2, 0) is 4.74 Å². The van der Waals surface area contributed by atoms with Crippen molar-refractivity contribution in [2.24, 2.45) is 5.92 Å². The highest BCUT2D eigenvalue weighted by molar-refractivity contribution is 7.99. The fourth-order valence-electron chi connectivity index (χ4n) is 4.41. The van der Waals surface area contributed by atoms with Crippen molar-refractivity contribution >= 4 is 11.8 Å². The fourth-order valence-corrected chi connectivity index (χ4v) is 5.65. The molecular formula is C17H31NO2S. The summed E-state index contributed by atoms with van der Waals surface area (Å²) in [5, 5.41) is 11.2. The molecule has 0 aliphatic carbocycles. The van der Waals surface area contributed by atoms with Gasteiger partial charge in [0, 0.05) is 25.7 Å². The number of nitrogens with zero attached hydrogens (tertiary/aromatic N) is 1. The molecule has 0 aromatic heterocycles. The van der Waals surface area contributed by atoms with E-state index in [4.69, 9.17) is 4.74 Å². The van der Waals surface area contributed by atoms with Crippen LogP contribution in [0.1, 0.15) is 52.4 Å². The normalized spacial score (nSPS) is 33.4.